The summed E-state index contributed by atoms with van der Waals surface area (Å²) in [7, 11) is 0. The molecule has 0 saturated carbocycles. The third-order valence-electron chi connectivity index (χ3n) is 2.25. The highest BCUT2D eigenvalue weighted by Crippen LogP contribution is 2.31. The molecule has 1 aromatic carbocycles. The van der Waals surface area contributed by atoms with Gasteiger partial charge in [-0.1, -0.05) is 12.1 Å². The Bertz CT molecular complexity index is 572. The zero-order valence-corrected chi connectivity index (χ0v) is 10.5. The maximum Gasteiger partial charge on any atom is 0.354 e. The van der Waals surface area contributed by atoms with Gasteiger partial charge in [0.1, 0.15) is 11.5 Å². The van der Waals surface area contributed by atoms with E-state index in [0.717, 1.165) is 4.90 Å². The van der Waals surface area contributed by atoms with Crippen molar-refractivity contribution in [1.29, 1.82) is 0 Å². The van der Waals surface area contributed by atoms with Crippen molar-refractivity contribution >= 4 is 17.7 Å². The van der Waals surface area contributed by atoms with Gasteiger partial charge in [0, 0.05) is 17.2 Å². The van der Waals surface area contributed by atoms with Gasteiger partial charge in [-0.15, -0.1) is 11.8 Å². The van der Waals surface area contributed by atoms with Crippen LogP contribution in [-0.2, 0) is 0 Å². The van der Waals surface area contributed by atoms with E-state index in [2.05, 4.69) is 4.98 Å². The minimum atomic E-state index is -1.07. The molecule has 1 aromatic heterocycles. The molecule has 0 aliphatic carbocycles. The number of rotatable bonds is 4. The Kier molecular flexibility index (Phi) is 3.84. The van der Waals surface area contributed by atoms with Crippen molar-refractivity contribution in [3.05, 3.63) is 48.3 Å². The molecule has 18 heavy (non-hydrogen) atoms. The second kappa shape index (κ2) is 5.55. The number of carbonyl (C=O) groups is 1. The first kappa shape index (κ1) is 12.4. The molecule has 1 N–H and O–H groups in total. The second-order valence-corrected chi connectivity index (χ2v) is 4.28. The van der Waals surface area contributed by atoms with Crippen molar-refractivity contribution in [2.24, 2.45) is 0 Å². The van der Waals surface area contributed by atoms with E-state index >= 15 is 0 Å². The van der Waals surface area contributed by atoms with E-state index in [1.807, 2.05) is 30.5 Å². The fourth-order valence-electron chi connectivity index (χ4n) is 1.42. The smallest absolute Gasteiger partial charge is 0.354 e. The molecule has 5 heteroatoms. The molecule has 2 rings (SSSR count). The van der Waals surface area contributed by atoms with E-state index in [0.29, 0.717) is 11.5 Å². The molecule has 1 heterocycles. The molecule has 0 spiro atoms. The van der Waals surface area contributed by atoms with Crippen molar-refractivity contribution in [3.63, 3.8) is 0 Å². The van der Waals surface area contributed by atoms with E-state index in [-0.39, 0.29) is 5.69 Å². The minimum Gasteiger partial charge on any atom is -0.477 e. The molecule has 2 aromatic rings. The van der Waals surface area contributed by atoms with Crippen LogP contribution in [0.25, 0.3) is 0 Å². The normalized spacial score (nSPS) is 10.1. The quantitative estimate of drug-likeness (QED) is 0.856. The van der Waals surface area contributed by atoms with Crippen molar-refractivity contribution in [2.45, 2.75) is 4.90 Å². The Labute approximate surface area is 109 Å². The number of aromatic carboxylic acids is 1. The van der Waals surface area contributed by atoms with Gasteiger partial charge in [-0.05, 0) is 24.5 Å². The SMILES string of the molecule is CSc1ccccc1Oc1ccnc(C(=O)O)c1. The third-order valence-corrected chi connectivity index (χ3v) is 3.02. The first-order valence-corrected chi connectivity index (χ1v) is 6.43. The van der Waals surface area contributed by atoms with Crippen LogP contribution < -0.4 is 4.74 Å². The number of nitrogens with zero attached hydrogens (tertiary/aromatic N) is 1. The predicted molar refractivity (Wildman–Crippen MR) is 69.5 cm³/mol. The van der Waals surface area contributed by atoms with Crippen LogP contribution in [0.2, 0.25) is 0 Å². The Morgan fingerprint density at radius 3 is 2.83 bits per heavy atom. The molecule has 0 amide bonds. The molecule has 0 radical (unpaired) electrons. The number of hydrogen-bond acceptors (Lipinski definition) is 4. The standard InChI is InChI=1S/C13H11NO3S/c1-18-12-5-3-2-4-11(12)17-9-6-7-14-10(8-9)13(15)16/h2-8H,1H3,(H,15,16). The summed E-state index contributed by atoms with van der Waals surface area (Å²) in [6.07, 6.45) is 3.37. The lowest BCUT2D eigenvalue weighted by molar-refractivity contribution is 0.0690. The molecular formula is C13H11NO3S. The molecule has 0 bridgehead atoms. The van der Waals surface area contributed by atoms with Gasteiger partial charge < -0.3 is 9.84 Å². The number of pyridine rings is 1. The van der Waals surface area contributed by atoms with Gasteiger partial charge in [0.15, 0.2) is 5.69 Å². The van der Waals surface area contributed by atoms with Crippen LogP contribution in [0, 0.1) is 0 Å². The average molecular weight is 261 g/mol. The number of thioether (sulfide) groups is 1. The molecule has 0 aliphatic heterocycles. The van der Waals surface area contributed by atoms with E-state index in [1.54, 1.807) is 17.8 Å². The molecule has 0 saturated heterocycles. The number of carboxylic acids is 1. The summed E-state index contributed by atoms with van der Waals surface area (Å²) < 4.78 is 5.67. The maximum atomic E-state index is 10.8. The first-order chi connectivity index (χ1) is 8.70. The Hall–Kier alpha value is -2.01. The number of aromatic nitrogens is 1. The molecule has 0 aliphatic rings. The fourth-order valence-corrected chi connectivity index (χ4v) is 1.95. The summed E-state index contributed by atoms with van der Waals surface area (Å²) in [6.45, 7) is 0. The van der Waals surface area contributed by atoms with Gasteiger partial charge in [-0.3, -0.25) is 0 Å². The summed E-state index contributed by atoms with van der Waals surface area (Å²) in [5.74, 6) is 0.0926. The lowest BCUT2D eigenvalue weighted by atomic mass is 10.3. The number of carboxylic acid groups (broad SMARTS) is 1. The summed E-state index contributed by atoms with van der Waals surface area (Å²) in [5.41, 5.74) is -0.0332. The van der Waals surface area contributed by atoms with Crippen molar-refractivity contribution in [2.75, 3.05) is 6.26 Å². The van der Waals surface area contributed by atoms with Crippen LogP contribution in [-0.4, -0.2) is 22.3 Å². The largest absolute Gasteiger partial charge is 0.477 e. The number of hydrogen-bond donors (Lipinski definition) is 1. The van der Waals surface area contributed by atoms with Gasteiger partial charge in [0.25, 0.3) is 0 Å². The van der Waals surface area contributed by atoms with Crippen LogP contribution in [0.1, 0.15) is 10.5 Å². The zero-order valence-electron chi connectivity index (χ0n) is 9.66. The first-order valence-electron chi connectivity index (χ1n) is 5.21. The number of para-hydroxylation sites is 1. The monoisotopic (exact) mass is 261 g/mol. The van der Waals surface area contributed by atoms with Gasteiger partial charge in [0.2, 0.25) is 0 Å². The molecule has 0 atom stereocenters. The van der Waals surface area contributed by atoms with Crippen LogP contribution in [0.4, 0.5) is 0 Å². The van der Waals surface area contributed by atoms with Crippen molar-refractivity contribution < 1.29 is 14.6 Å². The molecule has 0 unspecified atom stereocenters. The van der Waals surface area contributed by atoms with E-state index < -0.39 is 5.97 Å². The van der Waals surface area contributed by atoms with E-state index in [9.17, 15) is 4.79 Å². The van der Waals surface area contributed by atoms with E-state index in [1.165, 1.54) is 12.3 Å². The summed E-state index contributed by atoms with van der Waals surface area (Å²) in [6, 6.07) is 10.6. The summed E-state index contributed by atoms with van der Waals surface area (Å²) in [5, 5.41) is 8.85. The highest BCUT2D eigenvalue weighted by molar-refractivity contribution is 7.98. The summed E-state index contributed by atoms with van der Waals surface area (Å²) >= 11 is 1.57. The van der Waals surface area contributed by atoms with Crippen molar-refractivity contribution in [1.82, 2.24) is 4.98 Å². The highest BCUT2D eigenvalue weighted by Gasteiger charge is 2.08. The molecule has 4 nitrogen and oxygen atoms in total. The minimum absolute atomic E-state index is 0.0332. The Morgan fingerprint density at radius 2 is 2.11 bits per heavy atom. The number of benzene rings is 1. The predicted octanol–water partition coefficient (Wildman–Crippen LogP) is 3.29. The topological polar surface area (TPSA) is 59.4 Å². The Balaban J connectivity index is 2.28. The number of ether oxygens (including phenoxy) is 1. The van der Waals surface area contributed by atoms with E-state index in [4.69, 9.17) is 9.84 Å². The zero-order chi connectivity index (χ0) is 13.0. The van der Waals surface area contributed by atoms with Crippen LogP contribution in [0.3, 0.4) is 0 Å². The van der Waals surface area contributed by atoms with Crippen LogP contribution in [0.5, 0.6) is 11.5 Å². The van der Waals surface area contributed by atoms with Crippen LogP contribution >= 0.6 is 11.8 Å². The lowest BCUT2D eigenvalue weighted by Gasteiger charge is -2.09. The lowest BCUT2D eigenvalue weighted by Crippen LogP contribution is -1.99. The second-order valence-electron chi connectivity index (χ2n) is 3.43. The molecule has 0 fully saturated rings. The molecular weight excluding hydrogens is 250 g/mol. The summed E-state index contributed by atoms with van der Waals surface area (Å²) in [4.78, 5) is 15.5. The average Bonchev–Trinajstić information content (AvgIpc) is 2.39. The van der Waals surface area contributed by atoms with Gasteiger partial charge in [-0.25, -0.2) is 9.78 Å². The Morgan fingerprint density at radius 1 is 1.33 bits per heavy atom. The van der Waals surface area contributed by atoms with Crippen molar-refractivity contribution in [3.8, 4) is 11.5 Å². The van der Waals surface area contributed by atoms with Gasteiger partial charge >= 0.3 is 5.97 Å². The third kappa shape index (κ3) is 2.81. The molecule has 92 valence electrons. The fraction of sp³-hybridized carbons (Fsp3) is 0.0769. The van der Waals surface area contributed by atoms with Gasteiger partial charge in [0.05, 0.1) is 0 Å². The maximum absolute atomic E-state index is 10.8. The van der Waals surface area contributed by atoms with Gasteiger partial charge in [-0.2, -0.15) is 0 Å². The van der Waals surface area contributed by atoms with Crippen LogP contribution in [0.15, 0.2) is 47.5 Å². The highest BCUT2D eigenvalue weighted by atomic mass is 32.2.